The predicted molar refractivity (Wildman–Crippen MR) is 122 cm³/mol. The van der Waals surface area contributed by atoms with E-state index in [0.717, 1.165) is 29.7 Å². The minimum Gasteiger partial charge on any atom is -0.312 e. The number of nitriles is 1. The van der Waals surface area contributed by atoms with Crippen LogP contribution in [0.25, 0.3) is 0 Å². The number of carbonyl (C=O) groups excluding carboxylic acids is 1. The Morgan fingerprint density at radius 2 is 1.94 bits per heavy atom. The molecule has 0 unspecified atom stereocenters. The number of nitrogens with one attached hydrogen (secondary N) is 1. The Morgan fingerprint density at radius 3 is 2.66 bits per heavy atom. The van der Waals surface area contributed by atoms with Crippen LogP contribution in [-0.4, -0.2) is 25.9 Å². The fourth-order valence-corrected chi connectivity index (χ4v) is 4.83. The highest BCUT2D eigenvalue weighted by molar-refractivity contribution is 7.92. The summed E-state index contributed by atoms with van der Waals surface area (Å²) >= 11 is 0. The van der Waals surface area contributed by atoms with E-state index in [2.05, 4.69) is 9.71 Å². The summed E-state index contributed by atoms with van der Waals surface area (Å²) in [5, 5.41) is 8.84. The quantitative estimate of drug-likeness (QED) is 0.622. The number of hydrogen-bond donors (Lipinski definition) is 1. The molecule has 1 aliphatic rings. The number of benzene rings is 2. The average molecular weight is 447 g/mol. The van der Waals surface area contributed by atoms with E-state index in [-0.39, 0.29) is 10.8 Å². The molecule has 1 amide bonds. The second-order valence-corrected chi connectivity index (χ2v) is 9.26. The normalized spacial score (nSPS) is 13.2. The van der Waals surface area contributed by atoms with Gasteiger partial charge in [0.25, 0.3) is 10.0 Å². The highest BCUT2D eigenvalue weighted by Gasteiger charge is 2.23. The van der Waals surface area contributed by atoms with Crippen molar-refractivity contribution in [3.8, 4) is 6.07 Å². The first-order chi connectivity index (χ1) is 15.5. The van der Waals surface area contributed by atoms with Gasteiger partial charge in [0, 0.05) is 30.5 Å². The molecule has 4 rings (SSSR count). The summed E-state index contributed by atoms with van der Waals surface area (Å²) in [4.78, 5) is 18.9. The van der Waals surface area contributed by atoms with Gasteiger partial charge in [0.15, 0.2) is 0 Å². The number of amides is 1. The van der Waals surface area contributed by atoms with E-state index >= 15 is 0 Å². The maximum atomic E-state index is 12.9. The molecule has 0 bridgehead atoms. The lowest BCUT2D eigenvalue weighted by molar-refractivity contribution is -0.118. The van der Waals surface area contributed by atoms with Crippen LogP contribution >= 0.6 is 0 Å². The number of carbonyl (C=O) groups is 1. The standard InChI is InChI=1S/C24H22N4O3S/c25-16-21-10-8-18(17-26-21)9-13-24(29)28-14-4-5-19-15-20(11-12-23(19)28)27-32(30,31)22-6-2-1-3-7-22/h1-3,6-8,10-12,15,17,27H,4-5,9,13-14H2. The molecule has 1 aromatic heterocycles. The number of sulfonamides is 1. The lowest BCUT2D eigenvalue weighted by Gasteiger charge is -2.30. The summed E-state index contributed by atoms with van der Waals surface area (Å²) in [6, 6.07) is 19.0. The van der Waals surface area contributed by atoms with Crippen LogP contribution in [0.3, 0.4) is 0 Å². The van der Waals surface area contributed by atoms with E-state index in [1.807, 2.05) is 12.1 Å². The molecule has 8 heteroatoms. The minimum absolute atomic E-state index is 0.00734. The molecule has 2 heterocycles. The van der Waals surface area contributed by atoms with Crippen molar-refractivity contribution in [1.82, 2.24) is 4.98 Å². The number of anilines is 2. The van der Waals surface area contributed by atoms with Crippen LogP contribution in [0, 0.1) is 11.3 Å². The van der Waals surface area contributed by atoms with Gasteiger partial charge < -0.3 is 4.90 Å². The zero-order chi connectivity index (χ0) is 22.6. The second kappa shape index (κ2) is 9.20. The SMILES string of the molecule is N#Cc1ccc(CCC(=O)N2CCCc3cc(NS(=O)(=O)c4ccccc4)ccc32)cn1. The lowest BCUT2D eigenvalue weighted by Crippen LogP contribution is -2.35. The zero-order valence-corrected chi connectivity index (χ0v) is 18.2. The molecule has 162 valence electrons. The van der Waals surface area contributed by atoms with Crippen molar-refractivity contribution in [2.75, 3.05) is 16.2 Å². The Kier molecular flexibility index (Phi) is 6.19. The van der Waals surface area contributed by atoms with E-state index in [1.165, 1.54) is 0 Å². The monoisotopic (exact) mass is 446 g/mol. The lowest BCUT2D eigenvalue weighted by atomic mass is 10.00. The first-order valence-corrected chi connectivity index (χ1v) is 11.8. The number of aromatic nitrogens is 1. The third kappa shape index (κ3) is 4.79. The van der Waals surface area contributed by atoms with E-state index in [0.29, 0.717) is 30.8 Å². The van der Waals surface area contributed by atoms with E-state index in [1.54, 1.807) is 65.7 Å². The molecule has 1 aliphatic heterocycles. The number of pyridine rings is 1. The van der Waals surface area contributed by atoms with Gasteiger partial charge in [-0.25, -0.2) is 13.4 Å². The molecule has 0 saturated carbocycles. The van der Waals surface area contributed by atoms with Crippen molar-refractivity contribution < 1.29 is 13.2 Å². The van der Waals surface area contributed by atoms with Crippen LogP contribution in [0.4, 0.5) is 11.4 Å². The summed E-state index contributed by atoms with van der Waals surface area (Å²) in [7, 11) is -3.67. The fourth-order valence-electron chi connectivity index (χ4n) is 3.76. The minimum atomic E-state index is -3.67. The summed E-state index contributed by atoms with van der Waals surface area (Å²) in [6.07, 6.45) is 4.08. The number of rotatable bonds is 6. The molecule has 32 heavy (non-hydrogen) atoms. The van der Waals surface area contributed by atoms with Crippen molar-refractivity contribution in [2.24, 2.45) is 0 Å². The van der Waals surface area contributed by atoms with Crippen molar-refractivity contribution in [1.29, 1.82) is 5.26 Å². The maximum absolute atomic E-state index is 12.9. The fraction of sp³-hybridized carbons (Fsp3) is 0.208. The van der Waals surface area contributed by atoms with E-state index in [4.69, 9.17) is 5.26 Å². The number of aryl methyl sites for hydroxylation is 2. The number of nitrogens with zero attached hydrogens (tertiary/aromatic N) is 3. The van der Waals surface area contributed by atoms with Crippen LogP contribution in [0.15, 0.2) is 71.8 Å². The summed E-state index contributed by atoms with van der Waals surface area (Å²) in [6.45, 7) is 0.631. The third-order valence-electron chi connectivity index (χ3n) is 5.37. The van der Waals surface area contributed by atoms with Gasteiger partial charge in [0.05, 0.1) is 4.90 Å². The van der Waals surface area contributed by atoms with Gasteiger partial charge in [0.2, 0.25) is 5.91 Å². The van der Waals surface area contributed by atoms with Gasteiger partial charge in [-0.05, 0) is 66.8 Å². The van der Waals surface area contributed by atoms with Gasteiger partial charge in [-0.3, -0.25) is 9.52 Å². The molecular formula is C24H22N4O3S. The second-order valence-electron chi connectivity index (χ2n) is 7.57. The molecule has 0 spiro atoms. The average Bonchev–Trinajstić information content (AvgIpc) is 2.82. The highest BCUT2D eigenvalue weighted by Crippen LogP contribution is 2.31. The zero-order valence-electron chi connectivity index (χ0n) is 17.4. The molecule has 1 N–H and O–H groups in total. The Morgan fingerprint density at radius 1 is 1.12 bits per heavy atom. The highest BCUT2D eigenvalue weighted by atomic mass is 32.2. The van der Waals surface area contributed by atoms with Gasteiger partial charge in [-0.2, -0.15) is 5.26 Å². The van der Waals surface area contributed by atoms with Crippen molar-refractivity contribution >= 4 is 27.3 Å². The molecular weight excluding hydrogens is 424 g/mol. The van der Waals surface area contributed by atoms with E-state index in [9.17, 15) is 13.2 Å². The maximum Gasteiger partial charge on any atom is 0.261 e. The molecule has 7 nitrogen and oxygen atoms in total. The summed E-state index contributed by atoms with van der Waals surface area (Å²) in [5.74, 6) is 0.00734. The third-order valence-corrected chi connectivity index (χ3v) is 6.77. The largest absolute Gasteiger partial charge is 0.312 e. The summed E-state index contributed by atoms with van der Waals surface area (Å²) < 4.78 is 27.8. The Bertz CT molecular complexity index is 1270. The molecule has 0 fully saturated rings. The van der Waals surface area contributed by atoms with E-state index < -0.39 is 10.0 Å². The van der Waals surface area contributed by atoms with Crippen LogP contribution < -0.4 is 9.62 Å². The van der Waals surface area contributed by atoms with Crippen LogP contribution in [0.1, 0.15) is 29.7 Å². The Labute approximate surface area is 187 Å². The van der Waals surface area contributed by atoms with Gasteiger partial charge in [0.1, 0.15) is 11.8 Å². The van der Waals surface area contributed by atoms with Crippen molar-refractivity contribution in [3.63, 3.8) is 0 Å². The van der Waals surface area contributed by atoms with Gasteiger partial charge in [-0.15, -0.1) is 0 Å². The first-order valence-electron chi connectivity index (χ1n) is 10.3. The van der Waals surface area contributed by atoms with Crippen molar-refractivity contribution in [3.05, 3.63) is 83.7 Å². The Balaban J connectivity index is 1.46. The molecule has 0 atom stereocenters. The number of fused-ring (bicyclic) bond motifs is 1. The summed E-state index contributed by atoms with van der Waals surface area (Å²) in [5.41, 5.74) is 3.49. The molecule has 0 radical (unpaired) electrons. The Hall–Kier alpha value is -3.70. The van der Waals surface area contributed by atoms with Crippen molar-refractivity contribution in [2.45, 2.75) is 30.6 Å². The van der Waals surface area contributed by atoms with Gasteiger partial charge in [-0.1, -0.05) is 24.3 Å². The molecule has 0 saturated heterocycles. The number of hydrogen-bond acceptors (Lipinski definition) is 5. The van der Waals surface area contributed by atoms with Crippen LogP contribution in [0.5, 0.6) is 0 Å². The smallest absolute Gasteiger partial charge is 0.261 e. The molecule has 0 aliphatic carbocycles. The molecule has 3 aromatic rings. The van der Waals surface area contributed by atoms with Crippen LogP contribution in [-0.2, 0) is 27.7 Å². The predicted octanol–water partition coefficient (Wildman–Crippen LogP) is 3.67. The van der Waals surface area contributed by atoms with Gasteiger partial charge >= 0.3 is 0 Å². The topological polar surface area (TPSA) is 103 Å². The first kappa shape index (κ1) is 21.5. The van der Waals surface area contributed by atoms with Crippen LogP contribution in [0.2, 0.25) is 0 Å². The molecule has 2 aromatic carbocycles.